The fourth-order valence-corrected chi connectivity index (χ4v) is 5.84. The molecule has 2 saturated heterocycles. The molecule has 0 spiro atoms. The van der Waals surface area contributed by atoms with Crippen LogP contribution in [0.5, 0.6) is 0 Å². The molecule has 9 heteroatoms. The molecule has 0 aromatic heterocycles. The first-order chi connectivity index (χ1) is 15.7. The third-order valence-electron chi connectivity index (χ3n) is 7.58. The van der Waals surface area contributed by atoms with Crippen molar-refractivity contribution in [2.24, 2.45) is 11.7 Å². The van der Waals surface area contributed by atoms with Crippen LogP contribution in [-0.4, -0.2) is 52.1 Å². The highest BCUT2D eigenvalue weighted by Crippen LogP contribution is 2.40. The molecule has 3 aliphatic rings. The molecule has 3 fully saturated rings. The SMILES string of the molecule is N[C@H](Cc1cc(F)c(F)cc1F)[C@@H]1C[C@H]2CC[C@@H](C1)N2C(=O)CC(=O)NC1CCC(O)CC1. The van der Waals surface area contributed by atoms with Crippen molar-refractivity contribution in [3.05, 3.63) is 35.1 Å². The fraction of sp³-hybridized carbons (Fsp3) is 0.667. The van der Waals surface area contributed by atoms with Crippen LogP contribution in [0.3, 0.4) is 0 Å². The second kappa shape index (κ2) is 10.0. The summed E-state index contributed by atoms with van der Waals surface area (Å²) in [7, 11) is 0. The van der Waals surface area contributed by atoms with Crippen molar-refractivity contribution in [1.82, 2.24) is 10.2 Å². The van der Waals surface area contributed by atoms with E-state index >= 15 is 0 Å². The lowest BCUT2D eigenvalue weighted by molar-refractivity contribution is -0.140. The molecule has 1 saturated carbocycles. The number of fused-ring (bicyclic) bond motifs is 2. The molecule has 6 nitrogen and oxygen atoms in total. The Bertz CT molecular complexity index is 877. The van der Waals surface area contributed by atoms with Gasteiger partial charge in [-0.2, -0.15) is 0 Å². The zero-order chi connectivity index (χ0) is 23.7. The van der Waals surface area contributed by atoms with Crippen molar-refractivity contribution in [1.29, 1.82) is 0 Å². The van der Waals surface area contributed by atoms with Gasteiger partial charge in [0, 0.05) is 30.2 Å². The van der Waals surface area contributed by atoms with Gasteiger partial charge in [0.25, 0.3) is 0 Å². The second-order valence-corrected chi connectivity index (χ2v) is 9.89. The minimum atomic E-state index is -1.22. The highest BCUT2D eigenvalue weighted by Gasteiger charge is 2.44. The van der Waals surface area contributed by atoms with Gasteiger partial charge in [-0.15, -0.1) is 0 Å². The Balaban J connectivity index is 1.31. The first-order valence-electron chi connectivity index (χ1n) is 11.9. The van der Waals surface area contributed by atoms with Crippen LogP contribution < -0.4 is 11.1 Å². The number of halogens is 3. The summed E-state index contributed by atoms with van der Waals surface area (Å²) >= 11 is 0. The quantitative estimate of drug-likeness (QED) is 0.443. The van der Waals surface area contributed by atoms with E-state index in [1.54, 1.807) is 0 Å². The van der Waals surface area contributed by atoms with Crippen molar-refractivity contribution < 1.29 is 27.9 Å². The summed E-state index contributed by atoms with van der Waals surface area (Å²) < 4.78 is 40.8. The normalized spacial score (nSPS) is 30.2. The van der Waals surface area contributed by atoms with Gasteiger partial charge in [-0.05, 0) is 75.3 Å². The van der Waals surface area contributed by atoms with E-state index in [0.29, 0.717) is 44.6 Å². The number of benzene rings is 1. The largest absolute Gasteiger partial charge is 0.393 e. The topological polar surface area (TPSA) is 95.7 Å². The zero-order valence-corrected chi connectivity index (χ0v) is 18.6. The van der Waals surface area contributed by atoms with Gasteiger partial charge in [-0.3, -0.25) is 9.59 Å². The Kier molecular flexibility index (Phi) is 7.28. The van der Waals surface area contributed by atoms with E-state index in [2.05, 4.69) is 5.32 Å². The Morgan fingerprint density at radius 1 is 1.00 bits per heavy atom. The van der Waals surface area contributed by atoms with E-state index in [-0.39, 0.29) is 60.4 Å². The molecule has 4 atom stereocenters. The maximum absolute atomic E-state index is 14.0. The van der Waals surface area contributed by atoms with Gasteiger partial charge in [0.05, 0.1) is 6.10 Å². The number of piperidine rings is 1. The first-order valence-corrected chi connectivity index (χ1v) is 11.9. The van der Waals surface area contributed by atoms with Gasteiger partial charge in [-0.25, -0.2) is 13.2 Å². The van der Waals surface area contributed by atoms with Gasteiger partial charge in [0.15, 0.2) is 11.6 Å². The van der Waals surface area contributed by atoms with Gasteiger partial charge < -0.3 is 21.1 Å². The number of nitrogens with two attached hydrogens (primary N) is 1. The number of aliphatic hydroxyl groups excluding tert-OH is 1. The molecule has 1 aliphatic carbocycles. The number of nitrogens with zero attached hydrogens (tertiary/aromatic N) is 1. The number of hydrogen-bond acceptors (Lipinski definition) is 4. The van der Waals surface area contributed by atoms with Crippen molar-refractivity contribution in [3.63, 3.8) is 0 Å². The third-order valence-corrected chi connectivity index (χ3v) is 7.58. The average molecular weight is 468 g/mol. The number of amides is 2. The monoisotopic (exact) mass is 467 g/mol. The number of rotatable bonds is 6. The van der Waals surface area contributed by atoms with Crippen LogP contribution in [0.4, 0.5) is 13.2 Å². The van der Waals surface area contributed by atoms with Gasteiger partial charge in [-0.1, -0.05) is 0 Å². The van der Waals surface area contributed by atoms with Gasteiger partial charge >= 0.3 is 0 Å². The smallest absolute Gasteiger partial charge is 0.232 e. The summed E-state index contributed by atoms with van der Waals surface area (Å²) in [5, 5.41) is 12.5. The number of carbonyl (C=O) groups excluding carboxylic acids is 2. The molecule has 4 N–H and O–H groups in total. The highest BCUT2D eigenvalue weighted by molar-refractivity contribution is 5.97. The molecule has 2 heterocycles. The Morgan fingerprint density at radius 2 is 1.61 bits per heavy atom. The molecular formula is C24H32F3N3O3. The molecule has 2 bridgehead atoms. The second-order valence-electron chi connectivity index (χ2n) is 9.89. The minimum absolute atomic E-state index is 0.00542. The number of hydrogen-bond donors (Lipinski definition) is 3. The van der Waals surface area contributed by atoms with Crippen molar-refractivity contribution >= 4 is 11.8 Å². The molecular weight excluding hydrogens is 435 g/mol. The van der Waals surface area contributed by atoms with Crippen molar-refractivity contribution in [2.45, 2.75) is 94.5 Å². The molecule has 0 unspecified atom stereocenters. The molecule has 4 rings (SSSR count). The van der Waals surface area contributed by atoms with Crippen LogP contribution in [0.25, 0.3) is 0 Å². The summed E-state index contributed by atoms with van der Waals surface area (Å²) in [4.78, 5) is 27.1. The van der Waals surface area contributed by atoms with E-state index < -0.39 is 23.5 Å². The lowest BCUT2D eigenvalue weighted by atomic mass is 9.82. The predicted molar refractivity (Wildman–Crippen MR) is 115 cm³/mol. The van der Waals surface area contributed by atoms with Crippen LogP contribution in [0.15, 0.2) is 12.1 Å². The zero-order valence-electron chi connectivity index (χ0n) is 18.6. The van der Waals surface area contributed by atoms with Crippen molar-refractivity contribution in [2.75, 3.05) is 0 Å². The fourth-order valence-electron chi connectivity index (χ4n) is 5.84. The highest BCUT2D eigenvalue weighted by atomic mass is 19.2. The van der Waals surface area contributed by atoms with E-state index in [4.69, 9.17) is 5.73 Å². The number of carbonyl (C=O) groups is 2. The molecule has 182 valence electrons. The van der Waals surface area contributed by atoms with Crippen LogP contribution in [0.1, 0.15) is 63.4 Å². The lowest BCUT2D eigenvalue weighted by Gasteiger charge is -2.41. The van der Waals surface area contributed by atoms with Crippen LogP contribution in [-0.2, 0) is 16.0 Å². The molecule has 1 aromatic carbocycles. The molecule has 2 aliphatic heterocycles. The van der Waals surface area contributed by atoms with E-state index in [9.17, 15) is 27.9 Å². The Morgan fingerprint density at radius 3 is 2.24 bits per heavy atom. The lowest BCUT2D eigenvalue weighted by Crippen LogP contribution is -2.51. The standard InChI is InChI=1S/C24H32F3N3O3/c25-19-11-21(27)20(26)9-13(19)10-22(28)14-7-16-3-4-17(8-14)30(16)24(33)12-23(32)29-15-1-5-18(31)6-2-15/h9,11,14-18,22,31H,1-8,10,12,28H2,(H,29,32)/t14-,15?,16-,17+,18?,22-/m1/s1. The number of nitrogens with one attached hydrogen (secondary N) is 1. The third kappa shape index (κ3) is 5.51. The van der Waals surface area contributed by atoms with Crippen LogP contribution in [0, 0.1) is 23.4 Å². The Hall–Kier alpha value is -2.13. The van der Waals surface area contributed by atoms with Gasteiger partial charge in [0.1, 0.15) is 12.2 Å². The summed E-state index contributed by atoms with van der Waals surface area (Å²) in [6.45, 7) is 0. The summed E-state index contributed by atoms with van der Waals surface area (Å²) in [6, 6.07) is 0.951. The molecule has 0 radical (unpaired) electrons. The average Bonchev–Trinajstić information content (AvgIpc) is 3.03. The summed E-state index contributed by atoms with van der Waals surface area (Å²) in [5.41, 5.74) is 6.39. The van der Waals surface area contributed by atoms with Crippen LogP contribution in [0.2, 0.25) is 0 Å². The first kappa shape index (κ1) is 24.0. The van der Waals surface area contributed by atoms with E-state index in [1.807, 2.05) is 4.90 Å². The minimum Gasteiger partial charge on any atom is -0.393 e. The molecule has 2 amide bonds. The Labute approximate surface area is 191 Å². The van der Waals surface area contributed by atoms with Crippen molar-refractivity contribution in [3.8, 4) is 0 Å². The van der Waals surface area contributed by atoms with E-state index in [1.165, 1.54) is 0 Å². The van der Waals surface area contributed by atoms with Gasteiger partial charge in [0.2, 0.25) is 11.8 Å². The van der Waals surface area contributed by atoms with E-state index in [0.717, 1.165) is 18.9 Å². The summed E-state index contributed by atoms with van der Waals surface area (Å²) in [6.07, 6.45) is 5.32. The predicted octanol–water partition coefficient (Wildman–Crippen LogP) is 2.55. The molecule has 33 heavy (non-hydrogen) atoms. The maximum atomic E-state index is 14.0. The molecule has 1 aromatic rings. The number of aliphatic hydroxyl groups is 1. The maximum Gasteiger partial charge on any atom is 0.232 e. The summed E-state index contributed by atoms with van der Waals surface area (Å²) in [5.74, 6) is -3.57. The van der Waals surface area contributed by atoms with Crippen LogP contribution >= 0.6 is 0 Å².